The average Bonchev–Trinajstić information content (AvgIpc) is 2.78. The van der Waals surface area contributed by atoms with E-state index >= 15 is 0 Å². The summed E-state index contributed by atoms with van der Waals surface area (Å²) in [6, 6.07) is 7.58. The molecular formula is C13H17N3O. The van der Waals surface area contributed by atoms with Crippen LogP contribution in [0.2, 0.25) is 0 Å². The summed E-state index contributed by atoms with van der Waals surface area (Å²) in [4.78, 5) is 2.26. The molecule has 4 heteroatoms. The normalized spacial score (nSPS) is 19.3. The number of methoxy groups -OCH3 is 1. The lowest BCUT2D eigenvalue weighted by molar-refractivity contribution is 0.161. The van der Waals surface area contributed by atoms with Crippen molar-refractivity contribution in [2.75, 3.05) is 37.4 Å². The van der Waals surface area contributed by atoms with Crippen LogP contribution in [0.3, 0.4) is 0 Å². The maximum absolute atomic E-state index is 8.79. The molecule has 0 saturated carbocycles. The molecule has 0 bridgehead atoms. The highest BCUT2D eigenvalue weighted by atomic mass is 16.5. The molecule has 0 spiro atoms. The molecule has 2 N–H and O–H groups in total. The number of nitrogen functional groups attached to an aromatic ring is 1. The van der Waals surface area contributed by atoms with E-state index in [-0.39, 0.29) is 0 Å². The second-order valence-electron chi connectivity index (χ2n) is 4.44. The first-order valence-corrected chi connectivity index (χ1v) is 5.78. The summed E-state index contributed by atoms with van der Waals surface area (Å²) in [6.45, 7) is 2.78. The molecule has 0 aliphatic carbocycles. The van der Waals surface area contributed by atoms with Crippen molar-refractivity contribution in [2.45, 2.75) is 6.42 Å². The van der Waals surface area contributed by atoms with Gasteiger partial charge in [-0.15, -0.1) is 0 Å². The van der Waals surface area contributed by atoms with Gasteiger partial charge in [-0.3, -0.25) is 0 Å². The fourth-order valence-electron chi connectivity index (χ4n) is 2.34. The van der Waals surface area contributed by atoms with E-state index < -0.39 is 0 Å². The fourth-order valence-corrected chi connectivity index (χ4v) is 2.34. The van der Waals surface area contributed by atoms with Gasteiger partial charge >= 0.3 is 0 Å². The van der Waals surface area contributed by atoms with E-state index in [1.165, 1.54) is 0 Å². The number of ether oxygens (including phenoxy) is 1. The van der Waals surface area contributed by atoms with E-state index in [9.17, 15) is 0 Å². The fraction of sp³-hybridized carbons (Fsp3) is 0.462. The monoisotopic (exact) mass is 231 g/mol. The molecule has 0 aromatic heterocycles. The number of nitriles is 1. The summed E-state index contributed by atoms with van der Waals surface area (Å²) in [6.07, 6.45) is 1.13. The molecule has 2 rings (SSSR count). The van der Waals surface area contributed by atoms with Gasteiger partial charge in [0.15, 0.2) is 0 Å². The van der Waals surface area contributed by atoms with Crippen LogP contribution in [0.1, 0.15) is 12.0 Å². The van der Waals surface area contributed by atoms with Crippen LogP contribution in [0.25, 0.3) is 0 Å². The van der Waals surface area contributed by atoms with Gasteiger partial charge in [-0.2, -0.15) is 5.26 Å². The van der Waals surface area contributed by atoms with Crippen LogP contribution in [0.4, 0.5) is 11.4 Å². The molecule has 1 aromatic carbocycles. The van der Waals surface area contributed by atoms with E-state index in [1.54, 1.807) is 13.2 Å². The molecule has 1 aliphatic rings. The summed E-state index contributed by atoms with van der Waals surface area (Å²) in [5.74, 6) is 0.579. The van der Waals surface area contributed by atoms with Gasteiger partial charge in [0, 0.05) is 26.1 Å². The van der Waals surface area contributed by atoms with Crippen molar-refractivity contribution in [3.8, 4) is 6.07 Å². The highest BCUT2D eigenvalue weighted by molar-refractivity contribution is 5.69. The van der Waals surface area contributed by atoms with Gasteiger partial charge < -0.3 is 15.4 Å². The molecule has 1 fully saturated rings. The van der Waals surface area contributed by atoms with Crippen molar-refractivity contribution in [2.24, 2.45) is 5.92 Å². The van der Waals surface area contributed by atoms with Crippen LogP contribution < -0.4 is 10.6 Å². The van der Waals surface area contributed by atoms with E-state index in [0.717, 1.165) is 31.8 Å². The van der Waals surface area contributed by atoms with Crippen LogP contribution in [-0.4, -0.2) is 26.8 Å². The molecular weight excluding hydrogens is 214 g/mol. The first-order valence-electron chi connectivity index (χ1n) is 5.78. The van der Waals surface area contributed by atoms with E-state index in [2.05, 4.69) is 11.0 Å². The van der Waals surface area contributed by atoms with Gasteiger partial charge in [0.1, 0.15) is 0 Å². The van der Waals surface area contributed by atoms with Crippen LogP contribution in [-0.2, 0) is 4.74 Å². The minimum absolute atomic E-state index is 0.579. The third-order valence-electron chi connectivity index (χ3n) is 3.19. The first-order chi connectivity index (χ1) is 8.24. The van der Waals surface area contributed by atoms with Crippen LogP contribution in [0.5, 0.6) is 0 Å². The second-order valence-corrected chi connectivity index (χ2v) is 4.44. The molecule has 1 atom stereocenters. The lowest BCUT2D eigenvalue weighted by Gasteiger charge is -2.20. The molecule has 0 amide bonds. The zero-order chi connectivity index (χ0) is 12.3. The topological polar surface area (TPSA) is 62.3 Å². The Labute approximate surface area is 102 Å². The lowest BCUT2D eigenvalue weighted by Crippen LogP contribution is -2.22. The molecule has 1 heterocycles. The standard InChI is InChI=1S/C13H17N3O/c1-17-9-11-4-5-16(8-11)13-3-2-10(7-14)6-12(13)15/h2-3,6,11H,4-5,8-9,15H2,1H3. The molecule has 1 unspecified atom stereocenters. The third-order valence-corrected chi connectivity index (χ3v) is 3.19. The Morgan fingerprint density at radius 1 is 1.59 bits per heavy atom. The van der Waals surface area contributed by atoms with Crippen LogP contribution in [0.15, 0.2) is 18.2 Å². The summed E-state index contributed by atoms with van der Waals surface area (Å²) in [5, 5.41) is 8.79. The van der Waals surface area contributed by atoms with Crippen molar-refractivity contribution < 1.29 is 4.74 Å². The molecule has 4 nitrogen and oxygen atoms in total. The summed E-state index contributed by atoms with van der Waals surface area (Å²) in [7, 11) is 1.73. The number of hydrogen-bond donors (Lipinski definition) is 1. The largest absolute Gasteiger partial charge is 0.397 e. The smallest absolute Gasteiger partial charge is 0.0992 e. The number of nitrogens with zero attached hydrogens (tertiary/aromatic N) is 2. The Hall–Kier alpha value is -1.73. The number of rotatable bonds is 3. The molecule has 17 heavy (non-hydrogen) atoms. The maximum Gasteiger partial charge on any atom is 0.0992 e. The SMILES string of the molecule is COCC1CCN(c2ccc(C#N)cc2N)C1. The number of benzene rings is 1. The Bertz CT molecular complexity index is 439. The molecule has 90 valence electrons. The maximum atomic E-state index is 8.79. The number of nitrogens with two attached hydrogens (primary N) is 1. The second kappa shape index (κ2) is 5.07. The zero-order valence-corrected chi connectivity index (χ0v) is 10.0. The summed E-state index contributed by atoms with van der Waals surface area (Å²) < 4.78 is 5.18. The van der Waals surface area contributed by atoms with E-state index in [1.807, 2.05) is 12.1 Å². The Morgan fingerprint density at radius 2 is 2.41 bits per heavy atom. The highest BCUT2D eigenvalue weighted by Gasteiger charge is 2.23. The minimum Gasteiger partial charge on any atom is -0.397 e. The molecule has 0 radical (unpaired) electrons. The molecule has 1 aromatic rings. The van der Waals surface area contributed by atoms with Crippen molar-refractivity contribution in [1.82, 2.24) is 0 Å². The lowest BCUT2D eigenvalue weighted by atomic mass is 10.1. The van der Waals surface area contributed by atoms with Crippen molar-refractivity contribution in [3.63, 3.8) is 0 Å². The van der Waals surface area contributed by atoms with E-state index in [0.29, 0.717) is 17.2 Å². The van der Waals surface area contributed by atoms with Crippen LogP contribution >= 0.6 is 0 Å². The zero-order valence-electron chi connectivity index (χ0n) is 10.0. The van der Waals surface area contributed by atoms with E-state index in [4.69, 9.17) is 15.7 Å². The van der Waals surface area contributed by atoms with Crippen LogP contribution in [0, 0.1) is 17.2 Å². The number of anilines is 2. The van der Waals surface area contributed by atoms with Gasteiger partial charge in [-0.05, 0) is 24.6 Å². The third kappa shape index (κ3) is 2.51. The van der Waals surface area contributed by atoms with Gasteiger partial charge in [-0.1, -0.05) is 0 Å². The highest BCUT2D eigenvalue weighted by Crippen LogP contribution is 2.29. The minimum atomic E-state index is 0.579. The molecule has 1 saturated heterocycles. The summed E-state index contributed by atoms with van der Waals surface area (Å²) >= 11 is 0. The van der Waals surface area contributed by atoms with Crippen molar-refractivity contribution >= 4 is 11.4 Å². The van der Waals surface area contributed by atoms with Gasteiger partial charge in [0.2, 0.25) is 0 Å². The molecule has 1 aliphatic heterocycles. The van der Waals surface area contributed by atoms with Gasteiger partial charge in [0.25, 0.3) is 0 Å². The average molecular weight is 231 g/mol. The van der Waals surface area contributed by atoms with Crippen molar-refractivity contribution in [3.05, 3.63) is 23.8 Å². The van der Waals surface area contributed by atoms with Gasteiger partial charge in [0.05, 0.1) is 29.6 Å². The van der Waals surface area contributed by atoms with Crippen molar-refractivity contribution in [1.29, 1.82) is 5.26 Å². The Kier molecular flexibility index (Phi) is 3.50. The summed E-state index contributed by atoms with van der Waals surface area (Å²) in [5.41, 5.74) is 8.29. The predicted molar refractivity (Wildman–Crippen MR) is 67.8 cm³/mol. The first kappa shape index (κ1) is 11.7. The quantitative estimate of drug-likeness (QED) is 0.803. The number of hydrogen-bond acceptors (Lipinski definition) is 4. The van der Waals surface area contributed by atoms with Gasteiger partial charge in [-0.25, -0.2) is 0 Å². The Morgan fingerprint density at radius 3 is 3.06 bits per heavy atom. The Balaban J connectivity index is 2.11. The predicted octanol–water partition coefficient (Wildman–Crippen LogP) is 1.61.